The van der Waals surface area contributed by atoms with Crippen molar-refractivity contribution in [3.63, 3.8) is 0 Å². The van der Waals surface area contributed by atoms with E-state index < -0.39 is 45.9 Å². The molecule has 0 fully saturated rings. The van der Waals surface area contributed by atoms with Gasteiger partial charge in [0.05, 0.1) is 6.04 Å². The van der Waals surface area contributed by atoms with Crippen LogP contribution in [-0.4, -0.2) is 98.4 Å². The van der Waals surface area contributed by atoms with E-state index in [1.54, 1.807) is 20.8 Å². The first-order valence-electron chi connectivity index (χ1n) is 31.6. The van der Waals surface area contributed by atoms with Crippen LogP contribution in [-0.2, 0) is 13.3 Å². The molecule has 14 heteroatoms. The van der Waals surface area contributed by atoms with E-state index in [1.807, 2.05) is 0 Å². The predicted octanol–water partition coefficient (Wildman–Crippen LogP) is 20.0. The Morgan fingerprint density at radius 3 is 0.630 bits per heavy atom. The SMILES string of the molecule is CCCCCCCCCCN(F)C(C[Si](OCC)(OCC)OCC)(N(F)CCCCCCCCCC)C(N(F)CCCCCCCCCC)(N(F)CCCCCCCCCC)N(F)CCCCCCCCCC. The van der Waals surface area contributed by atoms with Gasteiger partial charge in [-0.25, -0.2) is 0 Å². The van der Waals surface area contributed by atoms with Gasteiger partial charge >= 0.3 is 8.80 Å². The second-order valence-corrected chi connectivity index (χ2v) is 24.0. The summed E-state index contributed by atoms with van der Waals surface area (Å²) in [5.41, 5.74) is -2.99. The fraction of sp³-hybridized carbons (Fsp3) is 1.00. The van der Waals surface area contributed by atoms with Crippen molar-refractivity contribution in [2.24, 2.45) is 0 Å². The smallest absolute Gasteiger partial charge is 0.374 e. The van der Waals surface area contributed by atoms with Crippen molar-refractivity contribution >= 4 is 8.80 Å². The maximum atomic E-state index is 18.8. The van der Waals surface area contributed by atoms with Gasteiger partial charge in [0.2, 0.25) is 5.79 Å². The summed E-state index contributed by atoms with van der Waals surface area (Å²) >= 11 is 0. The molecule has 0 atom stereocenters. The van der Waals surface area contributed by atoms with Crippen LogP contribution in [0.4, 0.5) is 22.4 Å². The highest BCUT2D eigenvalue weighted by atomic mass is 28.4. The van der Waals surface area contributed by atoms with Gasteiger partial charge in [-0.15, -0.1) is 48.0 Å². The minimum Gasteiger partial charge on any atom is -0.374 e. The first kappa shape index (κ1) is 72.5. The number of hydrogen-bond acceptors (Lipinski definition) is 8. The Kier molecular flexibility index (Phi) is 49.5. The van der Waals surface area contributed by atoms with Gasteiger partial charge in [-0.1, -0.05) is 259 Å². The Bertz CT molecular complexity index is 1050. The van der Waals surface area contributed by atoms with Gasteiger partial charge in [-0.05, 0) is 52.9 Å². The Balaban J connectivity index is 8.11. The molecule has 0 spiro atoms. The summed E-state index contributed by atoms with van der Waals surface area (Å²) in [5.74, 6) is -3.26. The summed E-state index contributed by atoms with van der Waals surface area (Å²) in [6.45, 7) is 14.4. The Labute approximate surface area is 450 Å². The number of unbranched alkanes of at least 4 members (excludes halogenated alkanes) is 35. The van der Waals surface area contributed by atoms with Gasteiger partial charge in [0.1, 0.15) is 0 Å². The Morgan fingerprint density at radius 1 is 0.260 bits per heavy atom. The maximum Gasteiger partial charge on any atom is 0.504 e. The molecule has 0 unspecified atom stereocenters. The van der Waals surface area contributed by atoms with E-state index in [1.165, 1.54) is 0 Å². The van der Waals surface area contributed by atoms with Crippen LogP contribution >= 0.6 is 0 Å². The van der Waals surface area contributed by atoms with Crippen molar-refractivity contribution < 1.29 is 35.7 Å². The molecule has 0 aromatic heterocycles. The average molecular weight is 1070 g/mol. The fourth-order valence-corrected chi connectivity index (χ4v) is 13.7. The van der Waals surface area contributed by atoms with E-state index in [0.29, 0.717) is 44.9 Å². The first-order chi connectivity index (χ1) is 35.5. The highest BCUT2D eigenvalue weighted by Gasteiger charge is 2.74. The lowest BCUT2D eigenvalue weighted by molar-refractivity contribution is -0.435. The standard InChI is InChI=1S/C59H122F5N5O3Si/c1-9-17-22-27-32-37-42-47-52-65(60)58(57-73(70-14-6,71-15-7)72-16-8,66(61)53-48-43-38-33-28-23-18-10-2)59(67(62)54-49-44-39-34-29-24-19-11-3,68(63)55-50-45-40-35-30-25-20-12-4)69(64)56-51-46-41-36-31-26-21-13-5/h9-57H2,1-8H3. The third kappa shape index (κ3) is 30.5. The quantitative estimate of drug-likeness (QED) is 0.0196. The van der Waals surface area contributed by atoms with Crippen molar-refractivity contribution in [1.29, 1.82) is 0 Å². The zero-order chi connectivity index (χ0) is 54.2. The van der Waals surface area contributed by atoms with Crippen LogP contribution in [0, 0.1) is 0 Å². The van der Waals surface area contributed by atoms with Crippen LogP contribution in [0.2, 0.25) is 6.04 Å². The van der Waals surface area contributed by atoms with Crippen molar-refractivity contribution in [2.45, 2.75) is 330 Å². The van der Waals surface area contributed by atoms with E-state index in [-0.39, 0.29) is 77.8 Å². The van der Waals surface area contributed by atoms with Crippen molar-refractivity contribution in [3.05, 3.63) is 0 Å². The van der Waals surface area contributed by atoms with E-state index in [2.05, 4.69) is 34.6 Å². The van der Waals surface area contributed by atoms with Crippen LogP contribution in [0.15, 0.2) is 0 Å². The van der Waals surface area contributed by atoms with Crippen molar-refractivity contribution in [1.82, 2.24) is 25.6 Å². The lowest BCUT2D eigenvalue weighted by Crippen LogP contribution is -2.84. The summed E-state index contributed by atoms with van der Waals surface area (Å²) in [7, 11) is -4.27. The number of rotatable bonds is 59. The molecule has 0 saturated heterocycles. The molecule has 8 nitrogen and oxygen atoms in total. The van der Waals surface area contributed by atoms with Gasteiger partial charge in [0.25, 0.3) is 0 Å². The Hall–Kier alpha value is -0.453. The molecule has 0 aromatic rings. The van der Waals surface area contributed by atoms with E-state index in [4.69, 9.17) is 13.3 Å². The average Bonchev–Trinajstić information content (AvgIpc) is 3.37. The number of nitrogens with zero attached hydrogens (tertiary/aromatic N) is 5. The molecule has 0 rings (SSSR count). The zero-order valence-corrected chi connectivity index (χ0v) is 50.5. The summed E-state index contributed by atoms with van der Waals surface area (Å²) in [6.07, 6.45) is 36.0. The summed E-state index contributed by atoms with van der Waals surface area (Å²) < 4.78 is 113. The van der Waals surface area contributed by atoms with Crippen LogP contribution in [0.5, 0.6) is 0 Å². The minimum absolute atomic E-state index is 0.0662. The molecule has 0 amide bonds. The number of halogens is 5. The molecule has 0 bridgehead atoms. The van der Waals surface area contributed by atoms with Crippen molar-refractivity contribution in [2.75, 3.05) is 52.5 Å². The highest BCUT2D eigenvalue weighted by Crippen LogP contribution is 2.50. The summed E-state index contributed by atoms with van der Waals surface area (Å²) in [6, 6.07) is -0.746. The molecule has 0 aromatic carbocycles. The second kappa shape index (κ2) is 49.8. The Morgan fingerprint density at radius 2 is 0.438 bits per heavy atom. The molecule has 0 N–H and O–H groups in total. The van der Waals surface area contributed by atoms with Gasteiger partial charge < -0.3 is 13.3 Å². The molecule has 73 heavy (non-hydrogen) atoms. The normalized spacial score (nSPS) is 12.9. The maximum absolute atomic E-state index is 18.8. The molecule has 0 heterocycles. The van der Waals surface area contributed by atoms with Gasteiger partial charge in [-0.3, -0.25) is 0 Å². The van der Waals surface area contributed by atoms with Gasteiger partial charge in [-0.2, -0.15) is 0 Å². The second-order valence-electron chi connectivity index (χ2n) is 21.4. The molecule has 0 radical (unpaired) electrons. The first-order valence-corrected chi connectivity index (χ1v) is 33.6. The van der Waals surface area contributed by atoms with Crippen LogP contribution in [0.25, 0.3) is 0 Å². The molecule has 0 aliphatic heterocycles. The van der Waals surface area contributed by atoms with Gasteiger partial charge in [0.15, 0.2) is 5.66 Å². The van der Waals surface area contributed by atoms with Crippen LogP contribution in [0.3, 0.4) is 0 Å². The topological polar surface area (TPSA) is 43.9 Å². The molecule has 440 valence electrons. The minimum atomic E-state index is -4.27. The summed E-state index contributed by atoms with van der Waals surface area (Å²) in [4.78, 5) is 0. The molecular weight excluding hydrogens is 950 g/mol. The van der Waals surface area contributed by atoms with E-state index in [9.17, 15) is 0 Å². The third-order valence-corrected chi connectivity index (χ3v) is 18.1. The zero-order valence-electron chi connectivity index (χ0n) is 49.5. The predicted molar refractivity (Wildman–Crippen MR) is 303 cm³/mol. The molecular formula is C59H122F5N5O3Si. The van der Waals surface area contributed by atoms with Gasteiger partial charge in [0, 0.05) is 52.5 Å². The molecule has 0 saturated carbocycles. The monoisotopic (exact) mass is 1070 g/mol. The summed E-state index contributed by atoms with van der Waals surface area (Å²) in [5, 5.41) is 1.01. The number of hydrogen-bond donors (Lipinski definition) is 0. The van der Waals surface area contributed by atoms with E-state index in [0.717, 1.165) is 193 Å². The fourth-order valence-electron chi connectivity index (χ4n) is 10.7. The lowest BCUT2D eigenvalue weighted by Gasteiger charge is -2.59. The van der Waals surface area contributed by atoms with Crippen molar-refractivity contribution in [3.8, 4) is 0 Å². The lowest BCUT2D eigenvalue weighted by atomic mass is 9.96. The third-order valence-electron chi connectivity index (χ3n) is 15.0. The highest BCUT2D eigenvalue weighted by molar-refractivity contribution is 6.61. The molecule has 0 aliphatic rings. The largest absolute Gasteiger partial charge is 0.504 e. The van der Waals surface area contributed by atoms with Crippen LogP contribution in [0.1, 0.15) is 312 Å². The van der Waals surface area contributed by atoms with Crippen LogP contribution < -0.4 is 0 Å². The van der Waals surface area contributed by atoms with E-state index >= 15 is 22.4 Å². The molecule has 0 aliphatic carbocycles.